The lowest BCUT2D eigenvalue weighted by Gasteiger charge is -2.44. The van der Waals surface area contributed by atoms with Gasteiger partial charge in [0, 0.05) is 47.4 Å². The molecule has 0 atom stereocenters. The van der Waals surface area contributed by atoms with Crippen LogP contribution >= 0.6 is 14.1 Å². The number of hydrogen-bond acceptors (Lipinski definition) is 2. The highest BCUT2D eigenvalue weighted by Gasteiger charge is 2.37. The molecule has 0 unspecified atom stereocenters. The summed E-state index contributed by atoms with van der Waals surface area (Å²) in [5.74, 6) is 0. The summed E-state index contributed by atoms with van der Waals surface area (Å²) in [4.78, 5) is 0. The van der Waals surface area contributed by atoms with Gasteiger partial charge in [-0.05, 0) is 25.7 Å². The Labute approximate surface area is 235 Å². The zero-order valence-electron chi connectivity index (χ0n) is 22.9. The number of rotatable bonds is 6. The molecule has 4 aromatic carbocycles. The molecule has 6 rings (SSSR count). The van der Waals surface area contributed by atoms with Crippen LogP contribution in [0.25, 0.3) is 0 Å². The van der Waals surface area contributed by atoms with E-state index in [0.717, 1.165) is 26.2 Å². The summed E-state index contributed by atoms with van der Waals surface area (Å²) in [7, 11) is -4.41. The van der Waals surface area contributed by atoms with Crippen LogP contribution in [-0.2, 0) is 0 Å². The van der Waals surface area contributed by atoms with Crippen LogP contribution in [0.1, 0.15) is 38.5 Å². The van der Waals surface area contributed by atoms with E-state index >= 15 is 0 Å². The van der Waals surface area contributed by atoms with Crippen LogP contribution < -0.4 is 21.2 Å². The van der Waals surface area contributed by atoms with Crippen LogP contribution in [0.3, 0.4) is 0 Å². The van der Waals surface area contributed by atoms with Gasteiger partial charge in [0.1, 0.15) is 0 Å². The summed E-state index contributed by atoms with van der Waals surface area (Å²) in [5, 5.41) is 10.5. The van der Waals surface area contributed by atoms with Gasteiger partial charge in [-0.3, -0.25) is 9.34 Å². The fraction of sp³-hybridized carbons (Fsp3) is 0.286. The normalized spacial score (nSPS) is 17.4. The van der Waals surface area contributed by atoms with E-state index in [4.69, 9.17) is 5.17 Å². The molecule has 0 saturated carbocycles. The third kappa shape index (κ3) is 5.18. The van der Waals surface area contributed by atoms with Crippen molar-refractivity contribution in [2.45, 2.75) is 38.5 Å². The third-order valence-electron chi connectivity index (χ3n) is 8.32. The first-order chi connectivity index (χ1) is 19.3. The van der Waals surface area contributed by atoms with Gasteiger partial charge in [-0.25, -0.2) is 0 Å². The van der Waals surface area contributed by atoms with E-state index in [1.807, 2.05) is 0 Å². The highest BCUT2D eigenvalue weighted by Crippen LogP contribution is 2.57. The van der Waals surface area contributed by atoms with Crippen molar-refractivity contribution in [2.75, 3.05) is 26.2 Å². The highest BCUT2D eigenvalue weighted by molar-refractivity contribution is 7.98. The third-order valence-corrected chi connectivity index (χ3v) is 17.3. The van der Waals surface area contributed by atoms with Crippen molar-refractivity contribution in [3.8, 4) is 0 Å². The second-order valence-corrected chi connectivity index (χ2v) is 17.3. The van der Waals surface area contributed by atoms with Crippen molar-refractivity contribution >= 4 is 40.5 Å². The first-order valence-corrected chi connectivity index (χ1v) is 18.1. The summed E-state index contributed by atoms with van der Waals surface area (Å²) >= 11 is 0. The standard InChI is InChI=1S/C35H40N2P2/c1-7-19-32(20-8-1)38(33-21-9-2-10-22-33,36-27-15-5-16-28-36)31-39(34-23-11-3-12-24-34,35-25-13-4-14-26-35)37-29-17-6-18-30-37/h1-4,7-14,19-26H,5-6,15-18,27-30H2. The molecule has 200 valence electrons. The molecule has 2 fully saturated rings. The molecule has 4 aromatic rings. The highest BCUT2D eigenvalue weighted by atomic mass is 31.2. The minimum absolute atomic E-state index is 1.13. The molecule has 0 aromatic heterocycles. The Bertz CT molecular complexity index is 1250. The maximum Gasteiger partial charge on any atom is 0.0514 e. The summed E-state index contributed by atoms with van der Waals surface area (Å²) in [5.41, 5.74) is 0. The van der Waals surface area contributed by atoms with E-state index in [2.05, 4.69) is 131 Å². The second kappa shape index (κ2) is 12.3. The van der Waals surface area contributed by atoms with Crippen molar-refractivity contribution in [3.05, 3.63) is 121 Å². The minimum Gasteiger partial charge on any atom is -0.270 e. The van der Waals surface area contributed by atoms with Gasteiger partial charge in [0.05, 0.1) is 14.1 Å². The predicted molar refractivity (Wildman–Crippen MR) is 174 cm³/mol. The zero-order chi connectivity index (χ0) is 26.4. The quantitative estimate of drug-likeness (QED) is 0.245. The van der Waals surface area contributed by atoms with Gasteiger partial charge < -0.3 is 0 Å². The molecule has 0 spiro atoms. The fourth-order valence-corrected chi connectivity index (χ4v) is 17.1. The molecule has 2 aliphatic rings. The van der Waals surface area contributed by atoms with Crippen LogP contribution in [0.15, 0.2) is 121 Å². The number of piperidine rings is 2. The molecular weight excluding hydrogens is 510 g/mol. The summed E-state index contributed by atoms with van der Waals surface area (Å²) in [6.45, 7) is 4.53. The van der Waals surface area contributed by atoms with Gasteiger partial charge in [0.25, 0.3) is 0 Å². The van der Waals surface area contributed by atoms with Crippen LogP contribution in [0, 0.1) is 0 Å². The van der Waals surface area contributed by atoms with Gasteiger partial charge in [-0.1, -0.05) is 139 Å². The summed E-state index contributed by atoms with van der Waals surface area (Å²) < 4.78 is 5.73. The molecule has 2 saturated heterocycles. The Hall–Kier alpha value is -2.56. The Morgan fingerprint density at radius 2 is 0.615 bits per heavy atom. The van der Waals surface area contributed by atoms with E-state index < -0.39 is 14.1 Å². The predicted octanol–water partition coefficient (Wildman–Crippen LogP) is 6.76. The molecule has 39 heavy (non-hydrogen) atoms. The molecule has 4 heteroatoms. The second-order valence-electron chi connectivity index (χ2n) is 10.7. The maximum absolute atomic E-state index is 4.76. The largest absolute Gasteiger partial charge is 0.270 e. The van der Waals surface area contributed by atoms with Gasteiger partial charge in [0.2, 0.25) is 0 Å². The Morgan fingerprint density at radius 3 is 0.872 bits per heavy atom. The van der Waals surface area contributed by atoms with E-state index in [1.54, 1.807) is 0 Å². The van der Waals surface area contributed by atoms with Gasteiger partial charge in [-0.15, -0.1) is 0 Å². The van der Waals surface area contributed by atoms with Crippen LogP contribution in [0.5, 0.6) is 0 Å². The molecule has 0 bridgehead atoms. The monoisotopic (exact) mass is 550 g/mol. The lowest BCUT2D eigenvalue weighted by Crippen LogP contribution is -2.39. The van der Waals surface area contributed by atoms with Crippen molar-refractivity contribution in [2.24, 2.45) is 0 Å². The SMILES string of the molecule is C(=P(c1ccccc1)(c1ccccc1)N1CCCCC1)=P(c1ccccc1)(c1ccccc1)N1CCCCC1. The molecule has 2 nitrogen and oxygen atoms in total. The smallest absolute Gasteiger partial charge is 0.0514 e. The molecule has 0 N–H and O–H groups in total. The Balaban J connectivity index is 1.89. The molecule has 0 radical (unpaired) electrons. The van der Waals surface area contributed by atoms with Crippen molar-refractivity contribution in [1.82, 2.24) is 9.34 Å². The van der Waals surface area contributed by atoms with Crippen molar-refractivity contribution in [1.29, 1.82) is 0 Å². The topological polar surface area (TPSA) is 6.48 Å². The Kier molecular flexibility index (Phi) is 8.41. The van der Waals surface area contributed by atoms with E-state index in [9.17, 15) is 0 Å². The average Bonchev–Trinajstić information content (AvgIpc) is 3.04. The van der Waals surface area contributed by atoms with Crippen LogP contribution in [-0.4, -0.2) is 40.7 Å². The maximum atomic E-state index is 4.76. The molecule has 0 amide bonds. The van der Waals surface area contributed by atoms with E-state index in [1.165, 1.54) is 59.7 Å². The molecule has 0 aliphatic carbocycles. The number of nitrogens with zero attached hydrogens (tertiary/aromatic N) is 2. The summed E-state index contributed by atoms with van der Waals surface area (Å²) in [6, 6.07) is 45.7. The number of hydrogen-bond donors (Lipinski definition) is 0. The van der Waals surface area contributed by atoms with Gasteiger partial charge >= 0.3 is 0 Å². The average molecular weight is 551 g/mol. The first kappa shape index (κ1) is 26.7. The van der Waals surface area contributed by atoms with Crippen LogP contribution in [0.4, 0.5) is 0 Å². The minimum atomic E-state index is -2.20. The first-order valence-electron chi connectivity index (χ1n) is 14.6. The van der Waals surface area contributed by atoms with E-state index in [-0.39, 0.29) is 0 Å². The van der Waals surface area contributed by atoms with Crippen molar-refractivity contribution in [3.63, 3.8) is 0 Å². The molecule has 2 heterocycles. The Morgan fingerprint density at radius 1 is 0.359 bits per heavy atom. The van der Waals surface area contributed by atoms with Crippen molar-refractivity contribution < 1.29 is 0 Å². The lowest BCUT2D eigenvalue weighted by atomic mass is 10.2. The lowest BCUT2D eigenvalue weighted by molar-refractivity contribution is 0.371. The van der Waals surface area contributed by atoms with E-state index in [0.29, 0.717) is 0 Å². The molecular formula is C35H40N2P2. The van der Waals surface area contributed by atoms with Gasteiger partial charge in [-0.2, -0.15) is 0 Å². The van der Waals surface area contributed by atoms with Crippen LogP contribution in [0.2, 0.25) is 0 Å². The summed E-state index contributed by atoms with van der Waals surface area (Å²) in [6.07, 6.45) is 7.68. The fourth-order valence-electron chi connectivity index (χ4n) is 6.45. The molecule has 2 aliphatic heterocycles. The number of benzene rings is 4. The van der Waals surface area contributed by atoms with Gasteiger partial charge in [0.15, 0.2) is 0 Å². The zero-order valence-corrected chi connectivity index (χ0v) is 24.7.